The van der Waals surface area contributed by atoms with Gasteiger partial charge in [-0.1, -0.05) is 24.3 Å². The number of aliphatic hydroxyl groups is 1. The van der Waals surface area contributed by atoms with Crippen LogP contribution in [0.5, 0.6) is 0 Å². The largest absolute Gasteiger partial charge is 0.444 e. The Labute approximate surface area is 244 Å². The normalized spacial score (nSPS) is 19.3. The van der Waals surface area contributed by atoms with Gasteiger partial charge < -0.3 is 29.9 Å². The number of rotatable bonds is 6. The van der Waals surface area contributed by atoms with E-state index in [1.54, 1.807) is 9.80 Å². The van der Waals surface area contributed by atoms with E-state index in [9.17, 15) is 14.7 Å². The molecule has 1 fully saturated rings. The second-order valence-corrected chi connectivity index (χ2v) is 12.7. The third-order valence-corrected chi connectivity index (χ3v) is 8.26. The standard InChI is InChI=1S/C32H45N5O4/c1-32(2,3)41-31(40)36-15-12-25(13-16-36)33-26-9-10-28-29(19-26)34(4)17-18-37(30(28)39)22-27(38)21-35-14-11-23-7-5-6-8-24(23)20-35/h5-10,19,25,27,33,38H,11-18,20-22H2,1-4H3/t27-/m1/s1. The van der Waals surface area contributed by atoms with Gasteiger partial charge >= 0.3 is 6.09 Å². The molecule has 3 aliphatic rings. The highest BCUT2D eigenvalue weighted by atomic mass is 16.6. The molecule has 2 N–H and O–H groups in total. The highest BCUT2D eigenvalue weighted by molar-refractivity contribution is 6.01. The molecule has 41 heavy (non-hydrogen) atoms. The molecule has 3 heterocycles. The minimum absolute atomic E-state index is 0.0374. The molecule has 0 bridgehead atoms. The van der Waals surface area contributed by atoms with E-state index in [0.29, 0.717) is 44.8 Å². The van der Waals surface area contributed by atoms with Crippen LogP contribution in [0.3, 0.4) is 0 Å². The first-order valence-corrected chi connectivity index (χ1v) is 14.9. The fourth-order valence-electron chi connectivity index (χ4n) is 6.04. The molecule has 2 amide bonds. The summed E-state index contributed by atoms with van der Waals surface area (Å²) in [4.78, 5) is 34.0. The van der Waals surface area contributed by atoms with Crippen LogP contribution in [0.25, 0.3) is 0 Å². The van der Waals surface area contributed by atoms with Gasteiger partial charge in [-0.25, -0.2) is 4.79 Å². The number of piperidine rings is 1. The lowest BCUT2D eigenvalue weighted by Gasteiger charge is -2.34. The predicted octanol–water partition coefficient (Wildman–Crippen LogP) is 3.81. The van der Waals surface area contributed by atoms with E-state index in [1.807, 2.05) is 40.0 Å². The number of aliphatic hydroxyl groups excluding tert-OH is 1. The average Bonchev–Trinajstić information content (AvgIpc) is 3.04. The van der Waals surface area contributed by atoms with Crippen molar-refractivity contribution in [2.45, 2.75) is 64.3 Å². The lowest BCUT2D eigenvalue weighted by Crippen LogP contribution is -2.44. The Balaban J connectivity index is 1.16. The fourth-order valence-corrected chi connectivity index (χ4v) is 6.04. The number of benzene rings is 2. The number of likely N-dealkylation sites (N-methyl/N-ethyl adjacent to an activating group) is 1. The number of anilines is 2. The summed E-state index contributed by atoms with van der Waals surface area (Å²) >= 11 is 0. The number of nitrogens with one attached hydrogen (secondary N) is 1. The van der Waals surface area contributed by atoms with Crippen molar-refractivity contribution >= 4 is 23.4 Å². The van der Waals surface area contributed by atoms with Crippen molar-refractivity contribution in [2.24, 2.45) is 0 Å². The maximum absolute atomic E-state index is 13.6. The Kier molecular flexibility index (Phi) is 8.75. The summed E-state index contributed by atoms with van der Waals surface area (Å²) in [5.74, 6) is -0.0374. The third kappa shape index (κ3) is 7.32. The molecule has 2 aromatic rings. The van der Waals surface area contributed by atoms with Gasteiger partial charge in [0, 0.05) is 71.1 Å². The molecule has 0 unspecified atom stereocenters. The zero-order valence-corrected chi connectivity index (χ0v) is 24.9. The summed E-state index contributed by atoms with van der Waals surface area (Å²) < 4.78 is 5.52. The number of fused-ring (bicyclic) bond motifs is 2. The van der Waals surface area contributed by atoms with Gasteiger partial charge in [-0.15, -0.1) is 0 Å². The quantitative estimate of drug-likeness (QED) is 0.553. The molecule has 2 aromatic carbocycles. The van der Waals surface area contributed by atoms with Crippen LogP contribution in [0.1, 0.15) is 55.1 Å². The zero-order chi connectivity index (χ0) is 29.1. The van der Waals surface area contributed by atoms with Crippen LogP contribution in [-0.2, 0) is 17.7 Å². The number of carbonyl (C=O) groups excluding carboxylic acids is 2. The average molecular weight is 564 g/mol. The maximum Gasteiger partial charge on any atom is 0.410 e. The van der Waals surface area contributed by atoms with E-state index in [-0.39, 0.29) is 18.0 Å². The zero-order valence-electron chi connectivity index (χ0n) is 24.9. The molecule has 0 radical (unpaired) electrons. The first kappa shape index (κ1) is 29.2. The Bertz CT molecular complexity index is 1240. The lowest BCUT2D eigenvalue weighted by atomic mass is 10.00. The number of ether oxygens (including phenoxy) is 1. The Morgan fingerprint density at radius 3 is 2.49 bits per heavy atom. The molecule has 1 saturated heterocycles. The van der Waals surface area contributed by atoms with Crippen molar-refractivity contribution < 1.29 is 19.4 Å². The lowest BCUT2D eigenvalue weighted by molar-refractivity contribution is 0.0210. The topological polar surface area (TPSA) is 88.6 Å². The first-order chi connectivity index (χ1) is 19.6. The van der Waals surface area contributed by atoms with Gasteiger partial charge in [-0.3, -0.25) is 9.69 Å². The Hall–Kier alpha value is -3.30. The van der Waals surface area contributed by atoms with E-state index in [2.05, 4.69) is 45.4 Å². The molecule has 0 spiro atoms. The molecule has 3 aliphatic heterocycles. The summed E-state index contributed by atoms with van der Waals surface area (Å²) in [6.45, 7) is 10.8. The van der Waals surface area contributed by atoms with E-state index in [1.165, 1.54) is 11.1 Å². The molecule has 0 saturated carbocycles. The van der Waals surface area contributed by atoms with E-state index < -0.39 is 11.7 Å². The summed E-state index contributed by atoms with van der Waals surface area (Å²) in [7, 11) is 2.01. The molecule has 0 aromatic heterocycles. The van der Waals surface area contributed by atoms with E-state index in [0.717, 1.165) is 43.7 Å². The number of carbonyl (C=O) groups is 2. The molecule has 9 nitrogen and oxygen atoms in total. The minimum atomic E-state index is -0.608. The van der Waals surface area contributed by atoms with Crippen LogP contribution in [0.4, 0.5) is 16.2 Å². The van der Waals surface area contributed by atoms with Crippen molar-refractivity contribution in [3.63, 3.8) is 0 Å². The van der Waals surface area contributed by atoms with Crippen LogP contribution in [0, 0.1) is 0 Å². The molecule has 1 atom stereocenters. The van der Waals surface area contributed by atoms with Gasteiger partial charge in [0.1, 0.15) is 5.60 Å². The second kappa shape index (κ2) is 12.3. The minimum Gasteiger partial charge on any atom is -0.444 e. The Morgan fingerprint density at radius 2 is 1.76 bits per heavy atom. The number of amides is 2. The van der Waals surface area contributed by atoms with Crippen molar-refractivity contribution in [2.75, 3.05) is 63.1 Å². The van der Waals surface area contributed by atoms with E-state index in [4.69, 9.17) is 4.74 Å². The van der Waals surface area contributed by atoms with E-state index >= 15 is 0 Å². The summed E-state index contributed by atoms with van der Waals surface area (Å²) in [5, 5.41) is 14.6. The maximum atomic E-state index is 13.6. The summed E-state index contributed by atoms with van der Waals surface area (Å²) in [6, 6.07) is 14.7. The van der Waals surface area contributed by atoms with Crippen LogP contribution in [0.2, 0.25) is 0 Å². The van der Waals surface area contributed by atoms with Crippen LogP contribution in [-0.4, -0.2) is 102 Å². The molecule has 0 aliphatic carbocycles. The van der Waals surface area contributed by atoms with Gasteiger partial charge in [0.15, 0.2) is 0 Å². The molecule has 222 valence electrons. The fraction of sp³-hybridized carbons (Fsp3) is 0.562. The molecule has 5 rings (SSSR count). The molecule has 9 heteroatoms. The summed E-state index contributed by atoms with van der Waals surface area (Å²) in [5.41, 5.74) is 4.75. The van der Waals surface area contributed by atoms with Crippen molar-refractivity contribution in [1.82, 2.24) is 14.7 Å². The van der Waals surface area contributed by atoms with Crippen molar-refractivity contribution in [3.8, 4) is 0 Å². The van der Waals surface area contributed by atoms with Gasteiger partial charge in [0.2, 0.25) is 0 Å². The monoisotopic (exact) mass is 563 g/mol. The number of β-amino-alcohol motifs (C(OH)–C–C–N with tert-alkyl or cyclic N) is 1. The number of hydrogen-bond acceptors (Lipinski definition) is 7. The predicted molar refractivity (Wildman–Crippen MR) is 161 cm³/mol. The van der Waals surface area contributed by atoms with Crippen LogP contribution in [0.15, 0.2) is 42.5 Å². The number of likely N-dealkylation sites (tertiary alicyclic amines) is 1. The SMILES string of the molecule is CN1CCN(C[C@H](O)CN2CCc3ccccc3C2)C(=O)c2ccc(NC3CCN(C(=O)OC(C)(C)C)CC3)cc21. The highest BCUT2D eigenvalue weighted by Crippen LogP contribution is 2.29. The second-order valence-electron chi connectivity index (χ2n) is 12.7. The molecular formula is C32H45N5O4. The first-order valence-electron chi connectivity index (χ1n) is 14.9. The van der Waals surface area contributed by atoms with Gasteiger partial charge in [-0.2, -0.15) is 0 Å². The Morgan fingerprint density at radius 1 is 1.02 bits per heavy atom. The van der Waals surface area contributed by atoms with Crippen molar-refractivity contribution in [1.29, 1.82) is 0 Å². The van der Waals surface area contributed by atoms with Gasteiger partial charge in [0.25, 0.3) is 5.91 Å². The molecular weight excluding hydrogens is 518 g/mol. The smallest absolute Gasteiger partial charge is 0.410 e. The highest BCUT2D eigenvalue weighted by Gasteiger charge is 2.30. The van der Waals surface area contributed by atoms with Gasteiger partial charge in [0.05, 0.1) is 17.4 Å². The van der Waals surface area contributed by atoms with Crippen LogP contribution < -0.4 is 10.2 Å². The third-order valence-electron chi connectivity index (χ3n) is 8.26. The number of hydrogen-bond donors (Lipinski definition) is 2. The summed E-state index contributed by atoms with van der Waals surface area (Å²) in [6.07, 6.45) is 1.79. The number of nitrogens with zero attached hydrogens (tertiary/aromatic N) is 4. The van der Waals surface area contributed by atoms with Crippen molar-refractivity contribution in [3.05, 3.63) is 59.2 Å². The van der Waals surface area contributed by atoms with Gasteiger partial charge in [-0.05, 0) is 69.4 Å². The van der Waals surface area contributed by atoms with Crippen LogP contribution >= 0.6 is 0 Å².